The minimum absolute atomic E-state index is 0.0549. The van der Waals surface area contributed by atoms with Gasteiger partial charge in [-0.2, -0.15) is 0 Å². The van der Waals surface area contributed by atoms with Crippen LogP contribution >= 0.6 is 0 Å². The molecule has 1 rings (SSSR count). The largest absolute Gasteiger partial charge is 0.486 e. The highest BCUT2D eigenvalue weighted by Crippen LogP contribution is 2.15. The predicted octanol–water partition coefficient (Wildman–Crippen LogP) is 1.54. The summed E-state index contributed by atoms with van der Waals surface area (Å²) in [5, 5.41) is 0. The minimum atomic E-state index is -0.641. The molecule has 102 valence electrons. The van der Waals surface area contributed by atoms with Gasteiger partial charge in [-0.3, -0.25) is 14.4 Å². The van der Waals surface area contributed by atoms with E-state index >= 15 is 0 Å². The number of ketones is 1. The Balaban J connectivity index is 2.52. The van der Waals surface area contributed by atoms with E-state index in [0.717, 1.165) is 12.1 Å². The first kappa shape index (κ1) is 14.8. The summed E-state index contributed by atoms with van der Waals surface area (Å²) >= 11 is 0. The number of halogens is 1. The second-order valence-electron chi connectivity index (χ2n) is 3.65. The standard InChI is InChI=1S/C13H13FO5/c1-2-18-13(17)6-11(16)8-19-12-4-9(7-15)3-10(14)5-12/h3-5,7H,2,6,8H2,1H3. The van der Waals surface area contributed by atoms with Crippen molar-refractivity contribution in [2.24, 2.45) is 0 Å². The van der Waals surface area contributed by atoms with Gasteiger partial charge in [0.15, 0.2) is 5.78 Å². The number of aldehydes is 1. The second kappa shape index (κ2) is 7.25. The highest BCUT2D eigenvalue weighted by atomic mass is 19.1. The lowest BCUT2D eigenvalue weighted by Gasteiger charge is -2.06. The van der Waals surface area contributed by atoms with Crippen LogP contribution in [0.4, 0.5) is 4.39 Å². The topological polar surface area (TPSA) is 69.7 Å². The van der Waals surface area contributed by atoms with Crippen LogP contribution in [-0.2, 0) is 14.3 Å². The summed E-state index contributed by atoms with van der Waals surface area (Å²) < 4.78 is 22.7. The van der Waals surface area contributed by atoms with Gasteiger partial charge in [-0.05, 0) is 19.1 Å². The molecule has 0 amide bonds. The summed E-state index contributed by atoms with van der Waals surface area (Å²) in [5.41, 5.74) is 0.104. The van der Waals surface area contributed by atoms with Gasteiger partial charge in [0.1, 0.15) is 30.9 Å². The van der Waals surface area contributed by atoms with Gasteiger partial charge in [0.25, 0.3) is 0 Å². The molecule has 0 N–H and O–H groups in total. The lowest BCUT2D eigenvalue weighted by molar-refractivity contribution is -0.145. The van der Waals surface area contributed by atoms with E-state index in [2.05, 4.69) is 4.74 Å². The van der Waals surface area contributed by atoms with Crippen LogP contribution in [0.2, 0.25) is 0 Å². The number of Topliss-reactive ketones (excluding diaryl/α,β-unsaturated/α-hetero) is 1. The second-order valence-corrected chi connectivity index (χ2v) is 3.65. The molecular weight excluding hydrogens is 255 g/mol. The van der Waals surface area contributed by atoms with Gasteiger partial charge in [0.2, 0.25) is 0 Å². The maximum absolute atomic E-state index is 13.1. The summed E-state index contributed by atoms with van der Waals surface area (Å²) in [7, 11) is 0. The molecule has 0 atom stereocenters. The van der Waals surface area contributed by atoms with Crippen LogP contribution in [-0.4, -0.2) is 31.3 Å². The number of esters is 1. The van der Waals surface area contributed by atoms with Crippen molar-refractivity contribution in [3.63, 3.8) is 0 Å². The van der Waals surface area contributed by atoms with Gasteiger partial charge in [-0.25, -0.2) is 4.39 Å². The van der Waals surface area contributed by atoms with Crippen molar-refractivity contribution in [3.8, 4) is 5.75 Å². The molecule has 0 spiro atoms. The van der Waals surface area contributed by atoms with Crippen molar-refractivity contribution < 1.29 is 28.2 Å². The summed E-state index contributed by atoms with van der Waals surface area (Å²) in [6, 6.07) is 3.39. The molecule has 6 heteroatoms. The summed E-state index contributed by atoms with van der Waals surface area (Å²) in [6.45, 7) is 1.44. The lowest BCUT2D eigenvalue weighted by atomic mass is 10.2. The molecule has 0 fully saturated rings. The van der Waals surface area contributed by atoms with E-state index < -0.39 is 24.0 Å². The zero-order chi connectivity index (χ0) is 14.3. The number of ether oxygens (including phenoxy) is 2. The van der Waals surface area contributed by atoms with Crippen LogP contribution in [0.25, 0.3) is 0 Å². The molecule has 0 radical (unpaired) electrons. The quantitative estimate of drug-likeness (QED) is 0.426. The molecule has 0 bridgehead atoms. The summed E-state index contributed by atoms with van der Waals surface area (Å²) in [4.78, 5) is 32.9. The van der Waals surface area contributed by atoms with Gasteiger partial charge < -0.3 is 9.47 Å². The van der Waals surface area contributed by atoms with Gasteiger partial charge in [0.05, 0.1) is 6.61 Å². The number of hydrogen-bond donors (Lipinski definition) is 0. The molecule has 0 aliphatic rings. The third kappa shape index (κ3) is 5.29. The van der Waals surface area contributed by atoms with Crippen molar-refractivity contribution in [1.82, 2.24) is 0 Å². The Labute approximate surface area is 109 Å². The molecule has 0 unspecified atom stereocenters. The highest BCUT2D eigenvalue weighted by Gasteiger charge is 2.11. The number of hydrogen-bond acceptors (Lipinski definition) is 5. The normalized spacial score (nSPS) is 9.79. The van der Waals surface area contributed by atoms with E-state index in [1.54, 1.807) is 6.92 Å². The van der Waals surface area contributed by atoms with Gasteiger partial charge >= 0.3 is 5.97 Å². The SMILES string of the molecule is CCOC(=O)CC(=O)COc1cc(F)cc(C=O)c1. The first-order valence-electron chi connectivity index (χ1n) is 5.61. The molecule has 0 aliphatic heterocycles. The van der Waals surface area contributed by atoms with E-state index in [4.69, 9.17) is 4.74 Å². The van der Waals surface area contributed by atoms with E-state index in [-0.39, 0.29) is 24.5 Å². The number of carbonyl (C=O) groups is 3. The van der Waals surface area contributed by atoms with Crippen molar-refractivity contribution in [2.75, 3.05) is 13.2 Å². The Morgan fingerprint density at radius 3 is 2.68 bits per heavy atom. The maximum Gasteiger partial charge on any atom is 0.313 e. The predicted molar refractivity (Wildman–Crippen MR) is 63.5 cm³/mol. The van der Waals surface area contributed by atoms with Crippen LogP contribution in [0.3, 0.4) is 0 Å². The van der Waals surface area contributed by atoms with Gasteiger partial charge in [0, 0.05) is 11.6 Å². The Hall–Kier alpha value is -2.24. The molecule has 1 aromatic rings. The first-order chi connectivity index (χ1) is 9.05. The van der Waals surface area contributed by atoms with E-state index in [0.29, 0.717) is 6.29 Å². The van der Waals surface area contributed by atoms with Crippen molar-refractivity contribution in [3.05, 3.63) is 29.6 Å². The van der Waals surface area contributed by atoms with Crippen molar-refractivity contribution in [1.29, 1.82) is 0 Å². The Morgan fingerprint density at radius 2 is 2.05 bits per heavy atom. The van der Waals surface area contributed by atoms with Crippen LogP contribution < -0.4 is 4.74 Å². The Morgan fingerprint density at radius 1 is 1.32 bits per heavy atom. The first-order valence-corrected chi connectivity index (χ1v) is 5.61. The number of carbonyl (C=O) groups excluding carboxylic acids is 3. The number of benzene rings is 1. The Bertz CT molecular complexity index is 484. The lowest BCUT2D eigenvalue weighted by Crippen LogP contribution is -2.17. The van der Waals surface area contributed by atoms with Crippen LogP contribution in [0.15, 0.2) is 18.2 Å². The van der Waals surface area contributed by atoms with Crippen LogP contribution in [0.1, 0.15) is 23.7 Å². The molecule has 5 nitrogen and oxygen atoms in total. The van der Waals surface area contributed by atoms with E-state index in [9.17, 15) is 18.8 Å². The molecule has 0 heterocycles. The van der Waals surface area contributed by atoms with Crippen molar-refractivity contribution >= 4 is 18.0 Å². The van der Waals surface area contributed by atoms with E-state index in [1.165, 1.54) is 6.07 Å². The molecule has 1 aromatic carbocycles. The molecule has 0 aliphatic carbocycles. The maximum atomic E-state index is 13.1. The molecule has 0 aromatic heterocycles. The van der Waals surface area contributed by atoms with E-state index in [1.807, 2.05) is 0 Å². The highest BCUT2D eigenvalue weighted by molar-refractivity contribution is 5.96. The fourth-order valence-corrected chi connectivity index (χ4v) is 1.32. The van der Waals surface area contributed by atoms with Crippen LogP contribution in [0, 0.1) is 5.82 Å². The van der Waals surface area contributed by atoms with Gasteiger partial charge in [-0.15, -0.1) is 0 Å². The van der Waals surface area contributed by atoms with Crippen molar-refractivity contribution in [2.45, 2.75) is 13.3 Å². The summed E-state index contributed by atoms with van der Waals surface area (Å²) in [6.07, 6.45) is 0.0695. The smallest absolute Gasteiger partial charge is 0.313 e. The summed E-state index contributed by atoms with van der Waals surface area (Å²) in [5.74, 6) is -1.71. The fourth-order valence-electron chi connectivity index (χ4n) is 1.32. The number of rotatable bonds is 7. The third-order valence-corrected chi connectivity index (χ3v) is 2.08. The van der Waals surface area contributed by atoms with Gasteiger partial charge in [-0.1, -0.05) is 0 Å². The van der Waals surface area contributed by atoms with Crippen LogP contribution in [0.5, 0.6) is 5.75 Å². The molecule has 0 saturated carbocycles. The molecular formula is C13H13FO5. The monoisotopic (exact) mass is 268 g/mol. The third-order valence-electron chi connectivity index (χ3n) is 2.08. The molecule has 19 heavy (non-hydrogen) atoms. The average molecular weight is 268 g/mol. The molecule has 0 saturated heterocycles. The average Bonchev–Trinajstić information content (AvgIpc) is 2.36. The Kier molecular flexibility index (Phi) is 5.66. The minimum Gasteiger partial charge on any atom is -0.486 e. The zero-order valence-corrected chi connectivity index (χ0v) is 10.3. The zero-order valence-electron chi connectivity index (χ0n) is 10.3. The fraction of sp³-hybridized carbons (Fsp3) is 0.308.